The first-order valence-electron chi connectivity index (χ1n) is 10.6. The molecular formula is C21H24F4N4O3. The Morgan fingerprint density at radius 3 is 2.78 bits per heavy atom. The lowest BCUT2D eigenvalue weighted by Gasteiger charge is -2.38. The zero-order chi connectivity index (χ0) is 23.0. The molecule has 32 heavy (non-hydrogen) atoms. The normalized spacial score (nSPS) is 25.3. The number of ether oxygens (including phenoxy) is 1. The number of benzene rings is 1. The second-order valence-electron chi connectivity index (χ2n) is 8.21. The third-order valence-corrected chi connectivity index (χ3v) is 6.17. The van der Waals surface area contributed by atoms with Crippen LogP contribution in [0.1, 0.15) is 60.5 Å². The van der Waals surface area contributed by atoms with Gasteiger partial charge < -0.3 is 15.0 Å². The molecule has 1 aromatic carbocycles. The minimum absolute atomic E-state index is 0.0334. The summed E-state index contributed by atoms with van der Waals surface area (Å²) < 4.78 is 58.3. The van der Waals surface area contributed by atoms with Gasteiger partial charge in [-0.05, 0) is 30.5 Å². The summed E-state index contributed by atoms with van der Waals surface area (Å²) in [6.07, 6.45) is -2.22. The number of rotatable bonds is 6. The molecule has 0 radical (unpaired) electrons. The van der Waals surface area contributed by atoms with Crippen molar-refractivity contribution in [2.45, 2.75) is 76.2 Å². The van der Waals surface area contributed by atoms with Gasteiger partial charge in [-0.1, -0.05) is 25.8 Å². The van der Waals surface area contributed by atoms with E-state index in [0.29, 0.717) is 24.0 Å². The third kappa shape index (κ3) is 4.12. The monoisotopic (exact) mass is 456 g/mol. The maximum absolute atomic E-state index is 13.8. The summed E-state index contributed by atoms with van der Waals surface area (Å²) in [5, 5.41) is 6.22. The summed E-state index contributed by atoms with van der Waals surface area (Å²) in [5.41, 5.74) is 3.69. The van der Waals surface area contributed by atoms with Crippen molar-refractivity contribution in [3.8, 4) is 0 Å². The van der Waals surface area contributed by atoms with E-state index in [1.165, 1.54) is 13.0 Å². The molecule has 11 heteroatoms. The van der Waals surface area contributed by atoms with Gasteiger partial charge in [0.05, 0.1) is 6.04 Å². The molecule has 2 aliphatic heterocycles. The smallest absolute Gasteiger partial charge is 0.324 e. The summed E-state index contributed by atoms with van der Waals surface area (Å²) in [7, 11) is 0. The topological polar surface area (TPSA) is 83.0 Å². The van der Waals surface area contributed by atoms with E-state index < -0.39 is 43.0 Å². The molecule has 1 saturated carbocycles. The van der Waals surface area contributed by atoms with E-state index in [4.69, 9.17) is 4.74 Å². The van der Waals surface area contributed by atoms with Crippen LogP contribution >= 0.6 is 0 Å². The molecule has 7 nitrogen and oxygen atoms in total. The Bertz CT molecular complexity index is 940. The third-order valence-electron chi connectivity index (χ3n) is 6.17. The highest BCUT2D eigenvalue weighted by atomic mass is 19.3. The molecular weight excluding hydrogens is 432 g/mol. The van der Waals surface area contributed by atoms with Gasteiger partial charge in [-0.15, -0.1) is 5.10 Å². The summed E-state index contributed by atoms with van der Waals surface area (Å²) >= 11 is 0. The number of hydrogen-bond donors (Lipinski definition) is 2. The van der Waals surface area contributed by atoms with Gasteiger partial charge in [0.25, 0.3) is 18.2 Å². The molecule has 2 unspecified atom stereocenters. The molecule has 1 fully saturated rings. The number of hydrazone groups is 1. The van der Waals surface area contributed by atoms with Crippen molar-refractivity contribution in [1.82, 2.24) is 15.6 Å². The Labute approximate surface area is 182 Å². The molecule has 1 aromatic rings. The van der Waals surface area contributed by atoms with Crippen LogP contribution in [0, 0.1) is 0 Å². The van der Waals surface area contributed by atoms with Crippen LogP contribution < -0.4 is 10.7 Å². The van der Waals surface area contributed by atoms with Gasteiger partial charge in [-0.3, -0.25) is 15.0 Å². The number of carbonyl (C=O) groups is 2. The maximum Gasteiger partial charge on any atom is 0.324 e. The van der Waals surface area contributed by atoms with Gasteiger partial charge in [-0.25, -0.2) is 8.78 Å². The Morgan fingerprint density at radius 1 is 1.34 bits per heavy atom. The van der Waals surface area contributed by atoms with E-state index in [9.17, 15) is 27.2 Å². The summed E-state index contributed by atoms with van der Waals surface area (Å²) in [6, 6.07) is 3.89. The fourth-order valence-electron chi connectivity index (χ4n) is 4.35. The zero-order valence-corrected chi connectivity index (χ0v) is 17.4. The molecule has 3 aliphatic rings. The van der Waals surface area contributed by atoms with Crippen molar-refractivity contribution in [2.24, 2.45) is 5.10 Å². The van der Waals surface area contributed by atoms with Crippen LogP contribution in [0.2, 0.25) is 0 Å². The average Bonchev–Trinajstić information content (AvgIpc) is 3.39. The molecule has 2 heterocycles. The first-order chi connectivity index (χ1) is 15.2. The second kappa shape index (κ2) is 8.59. The number of nitrogens with zero attached hydrogens (tertiary/aromatic N) is 2. The number of amides is 2. The summed E-state index contributed by atoms with van der Waals surface area (Å²) in [6.45, 7) is 1.52. The Morgan fingerprint density at radius 2 is 2.09 bits per heavy atom. The van der Waals surface area contributed by atoms with Gasteiger partial charge in [0.15, 0.2) is 0 Å². The molecule has 2 N–H and O–H groups in total. The van der Waals surface area contributed by atoms with Crippen LogP contribution in [-0.4, -0.2) is 53.3 Å². The van der Waals surface area contributed by atoms with Gasteiger partial charge in [-0.2, -0.15) is 8.78 Å². The summed E-state index contributed by atoms with van der Waals surface area (Å²) in [5.74, 6) is -5.11. The first-order valence-corrected chi connectivity index (χ1v) is 10.6. The number of hydrogen-bond acceptors (Lipinski definition) is 5. The van der Waals surface area contributed by atoms with Crippen LogP contribution in [0.3, 0.4) is 0 Å². The Hall–Kier alpha value is -2.85. The number of nitrogens with one attached hydrogen (secondary N) is 2. The fourth-order valence-corrected chi connectivity index (χ4v) is 4.35. The maximum atomic E-state index is 13.8. The molecule has 0 saturated heterocycles. The van der Waals surface area contributed by atoms with Crippen LogP contribution in [0.5, 0.6) is 0 Å². The average molecular weight is 456 g/mol. The predicted molar refractivity (Wildman–Crippen MR) is 106 cm³/mol. The van der Waals surface area contributed by atoms with Gasteiger partial charge in [0.2, 0.25) is 12.1 Å². The molecule has 2 amide bonds. The number of fused-ring (bicyclic) bond motifs is 1. The largest absolute Gasteiger partial charge is 0.445 e. The van der Waals surface area contributed by atoms with Crippen LogP contribution in [-0.2, 0) is 16.1 Å². The van der Waals surface area contributed by atoms with Crippen molar-refractivity contribution in [2.75, 3.05) is 0 Å². The Kier molecular flexibility index (Phi) is 6.00. The van der Waals surface area contributed by atoms with Crippen LogP contribution in [0.4, 0.5) is 17.6 Å². The van der Waals surface area contributed by atoms with E-state index in [1.54, 1.807) is 17.0 Å². The SMILES string of the molecule is CCC(F)(F)C(=O)N[C@@H]1CCCCC1N1Cc2ccc(C3=NNC(C(F)F)O3)cc2C1=O. The lowest BCUT2D eigenvalue weighted by molar-refractivity contribution is -0.147. The highest BCUT2D eigenvalue weighted by Crippen LogP contribution is 2.33. The summed E-state index contributed by atoms with van der Waals surface area (Å²) in [4.78, 5) is 26.8. The van der Waals surface area contributed by atoms with Crippen LogP contribution in [0.15, 0.2) is 23.3 Å². The van der Waals surface area contributed by atoms with E-state index in [0.717, 1.165) is 18.4 Å². The highest BCUT2D eigenvalue weighted by Gasteiger charge is 2.43. The van der Waals surface area contributed by atoms with Crippen molar-refractivity contribution in [3.63, 3.8) is 0 Å². The molecule has 4 rings (SSSR count). The predicted octanol–water partition coefficient (Wildman–Crippen LogP) is 2.99. The van der Waals surface area contributed by atoms with E-state index in [1.807, 2.05) is 0 Å². The van der Waals surface area contributed by atoms with Gasteiger partial charge in [0, 0.05) is 30.1 Å². The van der Waals surface area contributed by atoms with Crippen LogP contribution in [0.25, 0.3) is 0 Å². The minimum atomic E-state index is -3.46. The standard InChI is InChI=1S/C21H24F4N4O3/c1-2-21(24,25)20(31)26-14-5-3-4-6-15(14)29-10-12-8-7-11(9-13(12)19(29)30)17-27-28-18(32-17)16(22)23/h7-9,14-16,18,28H,2-6,10H2,1H3,(H,26,31)/t14-,15?,18?/m1/s1. The lowest BCUT2D eigenvalue weighted by Crippen LogP contribution is -2.56. The molecule has 1 aliphatic carbocycles. The fraction of sp³-hybridized carbons (Fsp3) is 0.571. The molecule has 0 bridgehead atoms. The Balaban J connectivity index is 1.50. The van der Waals surface area contributed by atoms with Crippen molar-refractivity contribution in [1.29, 1.82) is 0 Å². The highest BCUT2D eigenvalue weighted by molar-refractivity contribution is 6.02. The quantitative estimate of drug-likeness (QED) is 0.645. The van der Waals surface area contributed by atoms with Gasteiger partial charge >= 0.3 is 5.92 Å². The number of alkyl halides is 4. The van der Waals surface area contributed by atoms with Gasteiger partial charge in [0.1, 0.15) is 0 Å². The van der Waals surface area contributed by atoms with E-state index in [2.05, 4.69) is 15.8 Å². The van der Waals surface area contributed by atoms with E-state index in [-0.39, 0.29) is 18.3 Å². The molecule has 0 spiro atoms. The number of halogens is 4. The number of carbonyl (C=O) groups excluding carboxylic acids is 2. The zero-order valence-electron chi connectivity index (χ0n) is 17.4. The van der Waals surface area contributed by atoms with E-state index >= 15 is 0 Å². The first kappa shape index (κ1) is 22.3. The van der Waals surface area contributed by atoms with Crippen molar-refractivity contribution in [3.05, 3.63) is 34.9 Å². The molecule has 0 aromatic heterocycles. The molecule has 174 valence electrons. The second-order valence-corrected chi connectivity index (χ2v) is 8.21. The lowest BCUT2D eigenvalue weighted by atomic mass is 9.89. The molecule has 3 atom stereocenters. The van der Waals surface area contributed by atoms with Crippen molar-refractivity contribution < 1.29 is 31.9 Å². The van der Waals surface area contributed by atoms with Crippen molar-refractivity contribution >= 4 is 17.7 Å². The minimum Gasteiger partial charge on any atom is -0.445 e.